The van der Waals surface area contributed by atoms with Gasteiger partial charge >= 0.3 is 0 Å². The van der Waals surface area contributed by atoms with E-state index in [2.05, 4.69) is 20.3 Å². The molecule has 0 radical (unpaired) electrons. The summed E-state index contributed by atoms with van der Waals surface area (Å²) >= 11 is 0. The summed E-state index contributed by atoms with van der Waals surface area (Å²) in [5.41, 5.74) is 7.39. The molecule has 2 aromatic heterocycles. The minimum atomic E-state index is 0. The molecule has 23 heavy (non-hydrogen) atoms. The summed E-state index contributed by atoms with van der Waals surface area (Å²) in [5, 5.41) is 8.16. The molecule has 0 atom stereocenters. The second-order valence-corrected chi connectivity index (χ2v) is 5.63. The second-order valence-electron chi connectivity index (χ2n) is 5.63. The van der Waals surface area contributed by atoms with Crippen molar-refractivity contribution in [2.45, 2.75) is 38.6 Å². The number of amides is 1. The number of halogens is 1. The predicted octanol–water partition coefficient (Wildman–Crippen LogP) is 0.803. The number of nitrogen functional groups attached to an aromatic ring is 1. The maximum absolute atomic E-state index is 12.0. The fourth-order valence-electron chi connectivity index (χ4n) is 2.69. The van der Waals surface area contributed by atoms with Crippen LogP contribution in [0.5, 0.6) is 0 Å². The molecular weight excluding hydrogens is 318 g/mol. The molecule has 0 aromatic carbocycles. The molecule has 1 aliphatic rings. The lowest BCUT2D eigenvalue weighted by Crippen LogP contribution is -2.31. The van der Waals surface area contributed by atoms with Crippen LogP contribution in [0.15, 0.2) is 12.4 Å². The van der Waals surface area contributed by atoms with Gasteiger partial charge in [-0.25, -0.2) is 9.67 Å². The summed E-state index contributed by atoms with van der Waals surface area (Å²) in [5.74, 6) is 0.572. The molecule has 0 spiro atoms. The number of nitrogens with two attached hydrogens (primary N) is 1. The standard InChI is InChI=1S/C14H21N7O.ClH/c15-14-16-8-11(17-14)4-3-5-12-9-21(19-18-12)10-13(22)20-6-1-2-7-20;/h8-9H,1-7,10H2,(H3,15,16,17);1H. The summed E-state index contributed by atoms with van der Waals surface area (Å²) in [6.07, 6.45) is 8.45. The SMILES string of the molecule is Cl.Nc1nc(CCCc2cn(CC(=O)N3CCCC3)nn2)c[nH]1. The van der Waals surface area contributed by atoms with Gasteiger partial charge in [0, 0.05) is 25.5 Å². The van der Waals surface area contributed by atoms with Gasteiger partial charge in [0.1, 0.15) is 6.54 Å². The molecule has 1 aliphatic heterocycles. The zero-order valence-electron chi connectivity index (χ0n) is 12.9. The third kappa shape index (κ3) is 4.69. The topological polar surface area (TPSA) is 106 Å². The van der Waals surface area contributed by atoms with Crippen molar-refractivity contribution in [2.75, 3.05) is 18.8 Å². The Hall–Kier alpha value is -2.09. The molecule has 8 nitrogen and oxygen atoms in total. The fraction of sp³-hybridized carbons (Fsp3) is 0.571. The Morgan fingerprint density at radius 1 is 1.26 bits per heavy atom. The number of aromatic nitrogens is 5. The number of aromatic amines is 1. The van der Waals surface area contributed by atoms with E-state index in [4.69, 9.17) is 5.73 Å². The van der Waals surface area contributed by atoms with Crippen LogP contribution in [0, 0.1) is 0 Å². The first-order chi connectivity index (χ1) is 10.7. The molecule has 0 unspecified atom stereocenters. The number of nitrogens with one attached hydrogen (secondary N) is 1. The van der Waals surface area contributed by atoms with E-state index in [9.17, 15) is 4.79 Å². The number of H-pyrrole nitrogens is 1. The van der Waals surface area contributed by atoms with Crippen LogP contribution >= 0.6 is 12.4 Å². The lowest BCUT2D eigenvalue weighted by atomic mass is 10.2. The van der Waals surface area contributed by atoms with Crippen LogP contribution in [0.4, 0.5) is 5.95 Å². The lowest BCUT2D eigenvalue weighted by Gasteiger charge is -2.14. The summed E-state index contributed by atoms with van der Waals surface area (Å²) in [7, 11) is 0. The maximum atomic E-state index is 12.0. The summed E-state index contributed by atoms with van der Waals surface area (Å²) in [6, 6.07) is 0. The quantitative estimate of drug-likeness (QED) is 0.809. The molecule has 2 aromatic rings. The van der Waals surface area contributed by atoms with Gasteiger partial charge < -0.3 is 15.6 Å². The highest BCUT2D eigenvalue weighted by atomic mass is 35.5. The Labute approximate surface area is 140 Å². The molecular formula is C14H22ClN7O. The number of likely N-dealkylation sites (tertiary alicyclic amines) is 1. The zero-order valence-corrected chi connectivity index (χ0v) is 13.8. The minimum Gasteiger partial charge on any atom is -0.369 e. The van der Waals surface area contributed by atoms with Crippen LogP contribution in [0.1, 0.15) is 30.7 Å². The summed E-state index contributed by atoms with van der Waals surface area (Å²) < 4.78 is 1.63. The van der Waals surface area contributed by atoms with Crippen molar-refractivity contribution < 1.29 is 4.79 Å². The molecule has 1 saturated heterocycles. The molecule has 1 amide bonds. The normalized spacial score (nSPS) is 14.0. The van der Waals surface area contributed by atoms with Crippen molar-refractivity contribution in [1.82, 2.24) is 29.9 Å². The monoisotopic (exact) mass is 339 g/mol. The van der Waals surface area contributed by atoms with Gasteiger partial charge in [0.2, 0.25) is 5.91 Å². The van der Waals surface area contributed by atoms with Crippen molar-refractivity contribution in [3.63, 3.8) is 0 Å². The Balaban J connectivity index is 0.00000192. The minimum absolute atomic E-state index is 0. The molecule has 0 aliphatic carbocycles. The third-order valence-corrected chi connectivity index (χ3v) is 3.86. The maximum Gasteiger partial charge on any atom is 0.244 e. The summed E-state index contributed by atoms with van der Waals surface area (Å²) in [4.78, 5) is 21.0. The van der Waals surface area contributed by atoms with E-state index >= 15 is 0 Å². The van der Waals surface area contributed by atoms with Crippen LogP contribution in [0.25, 0.3) is 0 Å². The van der Waals surface area contributed by atoms with Gasteiger partial charge in [0.15, 0.2) is 5.95 Å². The van der Waals surface area contributed by atoms with E-state index in [0.717, 1.165) is 56.6 Å². The van der Waals surface area contributed by atoms with E-state index in [1.165, 1.54) is 0 Å². The molecule has 1 fully saturated rings. The number of anilines is 1. The van der Waals surface area contributed by atoms with Crippen LogP contribution in [-0.4, -0.2) is 48.9 Å². The van der Waals surface area contributed by atoms with Gasteiger partial charge in [-0.1, -0.05) is 5.21 Å². The first kappa shape index (κ1) is 17.3. The lowest BCUT2D eigenvalue weighted by molar-refractivity contribution is -0.130. The van der Waals surface area contributed by atoms with Gasteiger partial charge in [-0.05, 0) is 32.1 Å². The van der Waals surface area contributed by atoms with Crippen LogP contribution in [-0.2, 0) is 24.2 Å². The Morgan fingerprint density at radius 3 is 2.70 bits per heavy atom. The van der Waals surface area contributed by atoms with Gasteiger partial charge in [-0.2, -0.15) is 0 Å². The molecule has 0 bridgehead atoms. The number of hydrogen-bond donors (Lipinski definition) is 2. The van der Waals surface area contributed by atoms with Crippen molar-refractivity contribution in [3.8, 4) is 0 Å². The number of imidazole rings is 1. The van der Waals surface area contributed by atoms with Crippen molar-refractivity contribution in [1.29, 1.82) is 0 Å². The van der Waals surface area contributed by atoms with Crippen LogP contribution in [0.3, 0.4) is 0 Å². The highest BCUT2D eigenvalue weighted by Crippen LogP contribution is 2.09. The van der Waals surface area contributed by atoms with Crippen LogP contribution in [0.2, 0.25) is 0 Å². The van der Waals surface area contributed by atoms with Gasteiger partial charge in [0.05, 0.1) is 11.4 Å². The third-order valence-electron chi connectivity index (χ3n) is 3.86. The van der Waals surface area contributed by atoms with E-state index in [1.807, 2.05) is 17.3 Å². The number of hydrogen-bond acceptors (Lipinski definition) is 5. The highest BCUT2D eigenvalue weighted by Gasteiger charge is 2.18. The Morgan fingerprint density at radius 2 is 2.00 bits per heavy atom. The molecule has 0 saturated carbocycles. The second kappa shape index (κ2) is 7.96. The zero-order chi connectivity index (χ0) is 15.4. The van der Waals surface area contributed by atoms with Crippen molar-refractivity contribution in [3.05, 3.63) is 23.8 Å². The number of carbonyl (C=O) groups excluding carboxylic acids is 1. The summed E-state index contributed by atoms with van der Waals surface area (Å²) in [6.45, 7) is 2.02. The Bertz CT molecular complexity index is 633. The number of carbonyl (C=O) groups is 1. The predicted molar refractivity (Wildman–Crippen MR) is 88.1 cm³/mol. The van der Waals surface area contributed by atoms with Crippen LogP contribution < -0.4 is 5.73 Å². The number of aryl methyl sites for hydroxylation is 2. The fourth-order valence-corrected chi connectivity index (χ4v) is 2.69. The molecule has 3 rings (SSSR count). The average molecular weight is 340 g/mol. The van der Waals surface area contributed by atoms with E-state index in [1.54, 1.807) is 4.68 Å². The first-order valence-electron chi connectivity index (χ1n) is 7.67. The van der Waals surface area contributed by atoms with E-state index in [-0.39, 0.29) is 24.9 Å². The largest absolute Gasteiger partial charge is 0.369 e. The first-order valence-corrected chi connectivity index (χ1v) is 7.67. The van der Waals surface area contributed by atoms with Gasteiger partial charge in [-0.15, -0.1) is 17.5 Å². The van der Waals surface area contributed by atoms with Gasteiger partial charge in [0.25, 0.3) is 0 Å². The molecule has 3 N–H and O–H groups in total. The molecule has 3 heterocycles. The number of rotatable bonds is 6. The van der Waals surface area contributed by atoms with Crippen molar-refractivity contribution >= 4 is 24.3 Å². The Kier molecular flexibility index (Phi) is 5.97. The van der Waals surface area contributed by atoms with E-state index in [0.29, 0.717) is 5.95 Å². The number of nitrogens with zero attached hydrogens (tertiary/aromatic N) is 5. The highest BCUT2D eigenvalue weighted by molar-refractivity contribution is 5.85. The van der Waals surface area contributed by atoms with E-state index < -0.39 is 0 Å². The smallest absolute Gasteiger partial charge is 0.244 e. The average Bonchev–Trinajstić information content (AvgIpc) is 3.21. The van der Waals surface area contributed by atoms with Crippen molar-refractivity contribution in [2.24, 2.45) is 0 Å². The molecule has 9 heteroatoms. The molecule has 126 valence electrons. The van der Waals surface area contributed by atoms with Gasteiger partial charge in [-0.3, -0.25) is 4.79 Å².